The van der Waals surface area contributed by atoms with E-state index in [1.807, 2.05) is 6.08 Å². The lowest BCUT2D eigenvalue weighted by atomic mass is 10.0. The van der Waals surface area contributed by atoms with E-state index in [1.165, 1.54) is 18.4 Å². The molecule has 82 valence electrons. The summed E-state index contributed by atoms with van der Waals surface area (Å²) in [5, 5.41) is 3.57. The number of unbranched alkanes of at least 4 members (excludes halogenated alkanes) is 1. The van der Waals surface area contributed by atoms with Crippen LogP contribution >= 0.6 is 0 Å². The van der Waals surface area contributed by atoms with Crippen LogP contribution in [-0.4, -0.2) is 6.54 Å². The molecule has 0 aliphatic heterocycles. The van der Waals surface area contributed by atoms with Crippen LogP contribution in [0.5, 0.6) is 0 Å². The number of nitrogens with one attached hydrogen (secondary N) is 1. The molecule has 0 aliphatic rings. The predicted octanol–water partition coefficient (Wildman–Crippen LogP) is 3.69. The van der Waals surface area contributed by atoms with Crippen molar-refractivity contribution in [3.05, 3.63) is 48.6 Å². The first-order valence-corrected chi connectivity index (χ1v) is 5.77. The number of hydrogen-bond donors (Lipinski definition) is 1. The largest absolute Gasteiger partial charge is 0.310 e. The molecule has 1 aromatic rings. The highest BCUT2D eigenvalue weighted by Crippen LogP contribution is 2.16. The average molecular weight is 203 g/mol. The van der Waals surface area contributed by atoms with Gasteiger partial charge in [0.1, 0.15) is 0 Å². The average Bonchev–Trinajstić information content (AvgIpc) is 2.29. The summed E-state index contributed by atoms with van der Waals surface area (Å²) in [5.41, 5.74) is 1.36. The lowest BCUT2D eigenvalue weighted by molar-refractivity contribution is 0.525. The van der Waals surface area contributed by atoms with E-state index in [9.17, 15) is 0 Å². The molecule has 0 spiro atoms. The van der Waals surface area contributed by atoms with Gasteiger partial charge in [0.05, 0.1) is 0 Å². The summed E-state index contributed by atoms with van der Waals surface area (Å²) in [6.45, 7) is 7.12. The predicted molar refractivity (Wildman–Crippen MR) is 66.9 cm³/mol. The second kappa shape index (κ2) is 7.24. The third kappa shape index (κ3) is 4.30. The van der Waals surface area contributed by atoms with Gasteiger partial charge in [-0.25, -0.2) is 0 Å². The molecule has 1 nitrogen and oxygen atoms in total. The summed E-state index contributed by atoms with van der Waals surface area (Å²) >= 11 is 0. The van der Waals surface area contributed by atoms with E-state index in [-0.39, 0.29) is 0 Å². The molecule has 0 amide bonds. The summed E-state index contributed by atoms with van der Waals surface area (Å²) in [6.07, 6.45) is 5.45. The fourth-order valence-electron chi connectivity index (χ4n) is 1.64. The molecule has 0 heterocycles. The Labute approximate surface area is 93.2 Å². The molecule has 1 atom stereocenters. The Morgan fingerprint density at radius 1 is 1.33 bits per heavy atom. The highest BCUT2D eigenvalue weighted by atomic mass is 14.9. The normalized spacial score (nSPS) is 12.3. The maximum absolute atomic E-state index is 3.81. The van der Waals surface area contributed by atoms with Gasteiger partial charge in [0, 0.05) is 6.04 Å². The fourth-order valence-corrected chi connectivity index (χ4v) is 1.64. The van der Waals surface area contributed by atoms with Crippen LogP contribution in [0.25, 0.3) is 0 Å². The molecule has 15 heavy (non-hydrogen) atoms. The van der Waals surface area contributed by atoms with Gasteiger partial charge in [-0.05, 0) is 24.9 Å². The van der Waals surface area contributed by atoms with Crippen molar-refractivity contribution in [3.8, 4) is 0 Å². The van der Waals surface area contributed by atoms with Gasteiger partial charge in [0.15, 0.2) is 0 Å². The van der Waals surface area contributed by atoms with Crippen molar-refractivity contribution in [2.45, 2.75) is 32.2 Å². The summed E-state index contributed by atoms with van der Waals surface area (Å²) < 4.78 is 0. The van der Waals surface area contributed by atoms with Crippen molar-refractivity contribution in [1.29, 1.82) is 0 Å². The Hall–Kier alpha value is -1.08. The van der Waals surface area contributed by atoms with Gasteiger partial charge in [-0.3, -0.25) is 0 Å². The smallest absolute Gasteiger partial charge is 0.0354 e. The Bertz CT molecular complexity index is 266. The van der Waals surface area contributed by atoms with E-state index in [4.69, 9.17) is 0 Å². The number of rotatable bonds is 7. The maximum atomic E-state index is 3.81. The highest BCUT2D eigenvalue weighted by Gasteiger charge is 2.07. The van der Waals surface area contributed by atoms with Crippen LogP contribution < -0.4 is 5.32 Å². The van der Waals surface area contributed by atoms with Crippen molar-refractivity contribution in [2.75, 3.05) is 6.54 Å². The van der Waals surface area contributed by atoms with Gasteiger partial charge in [-0.15, -0.1) is 6.58 Å². The fraction of sp³-hybridized carbons (Fsp3) is 0.429. The zero-order valence-corrected chi connectivity index (χ0v) is 9.58. The van der Waals surface area contributed by atoms with Crippen molar-refractivity contribution < 1.29 is 0 Å². The maximum Gasteiger partial charge on any atom is 0.0354 e. The van der Waals surface area contributed by atoms with Gasteiger partial charge >= 0.3 is 0 Å². The van der Waals surface area contributed by atoms with Gasteiger partial charge in [-0.1, -0.05) is 49.8 Å². The molecule has 1 unspecified atom stereocenters. The third-order valence-electron chi connectivity index (χ3n) is 2.53. The SMILES string of the molecule is C=CCC(NCCCC)c1ccccc1. The van der Waals surface area contributed by atoms with E-state index in [1.54, 1.807) is 0 Å². The van der Waals surface area contributed by atoms with Crippen LogP contribution in [0.3, 0.4) is 0 Å². The van der Waals surface area contributed by atoms with E-state index >= 15 is 0 Å². The van der Waals surface area contributed by atoms with Gasteiger partial charge in [0.25, 0.3) is 0 Å². The van der Waals surface area contributed by atoms with E-state index in [2.05, 4.69) is 49.2 Å². The van der Waals surface area contributed by atoms with Crippen LogP contribution in [0, 0.1) is 0 Å². The quantitative estimate of drug-likeness (QED) is 0.526. The lowest BCUT2D eigenvalue weighted by Crippen LogP contribution is -2.21. The minimum atomic E-state index is 0.426. The number of benzene rings is 1. The molecule has 0 radical (unpaired) electrons. The van der Waals surface area contributed by atoms with Crippen molar-refractivity contribution in [2.24, 2.45) is 0 Å². The van der Waals surface area contributed by atoms with Crippen LogP contribution in [-0.2, 0) is 0 Å². The summed E-state index contributed by atoms with van der Waals surface area (Å²) in [5.74, 6) is 0. The Balaban J connectivity index is 2.53. The number of hydrogen-bond acceptors (Lipinski definition) is 1. The first-order chi connectivity index (χ1) is 7.38. The monoisotopic (exact) mass is 203 g/mol. The third-order valence-corrected chi connectivity index (χ3v) is 2.53. The standard InChI is InChI=1S/C14H21N/c1-3-5-12-15-14(9-4-2)13-10-7-6-8-11-13/h4,6-8,10-11,14-15H,2-3,5,9,12H2,1H3. The molecule has 1 heteroatoms. The van der Waals surface area contributed by atoms with E-state index in [0.717, 1.165) is 13.0 Å². The topological polar surface area (TPSA) is 12.0 Å². The van der Waals surface area contributed by atoms with Crippen LogP contribution in [0.15, 0.2) is 43.0 Å². The zero-order chi connectivity index (χ0) is 10.9. The van der Waals surface area contributed by atoms with Gasteiger partial charge < -0.3 is 5.32 Å². The van der Waals surface area contributed by atoms with Crippen molar-refractivity contribution >= 4 is 0 Å². The molecule has 1 rings (SSSR count). The molecular formula is C14H21N. The first-order valence-electron chi connectivity index (χ1n) is 5.77. The van der Waals surface area contributed by atoms with Crippen LogP contribution in [0.4, 0.5) is 0 Å². The molecule has 0 aromatic heterocycles. The second-order valence-corrected chi connectivity index (χ2v) is 3.80. The van der Waals surface area contributed by atoms with Gasteiger partial charge in [0.2, 0.25) is 0 Å². The molecule has 0 fully saturated rings. The van der Waals surface area contributed by atoms with Crippen molar-refractivity contribution in [3.63, 3.8) is 0 Å². The Morgan fingerprint density at radius 3 is 2.67 bits per heavy atom. The molecular weight excluding hydrogens is 182 g/mol. The lowest BCUT2D eigenvalue weighted by Gasteiger charge is -2.17. The van der Waals surface area contributed by atoms with E-state index < -0.39 is 0 Å². The minimum absolute atomic E-state index is 0.426. The Kier molecular flexibility index (Phi) is 5.79. The van der Waals surface area contributed by atoms with Crippen LogP contribution in [0.2, 0.25) is 0 Å². The molecule has 1 aromatic carbocycles. The molecule has 1 N–H and O–H groups in total. The summed E-state index contributed by atoms with van der Waals surface area (Å²) in [4.78, 5) is 0. The zero-order valence-electron chi connectivity index (χ0n) is 9.58. The Morgan fingerprint density at radius 2 is 2.07 bits per heavy atom. The molecule has 0 saturated carbocycles. The second-order valence-electron chi connectivity index (χ2n) is 3.80. The van der Waals surface area contributed by atoms with Crippen molar-refractivity contribution in [1.82, 2.24) is 5.32 Å². The first kappa shape index (κ1) is 12.0. The molecule has 0 bridgehead atoms. The molecule has 0 aliphatic carbocycles. The minimum Gasteiger partial charge on any atom is -0.310 e. The molecule has 0 saturated heterocycles. The summed E-state index contributed by atoms with van der Waals surface area (Å²) in [7, 11) is 0. The summed E-state index contributed by atoms with van der Waals surface area (Å²) in [6, 6.07) is 11.0. The highest BCUT2D eigenvalue weighted by molar-refractivity contribution is 5.19. The van der Waals surface area contributed by atoms with E-state index in [0.29, 0.717) is 6.04 Å². The van der Waals surface area contributed by atoms with Crippen LogP contribution in [0.1, 0.15) is 37.8 Å². The van der Waals surface area contributed by atoms with Gasteiger partial charge in [-0.2, -0.15) is 0 Å².